The number of rotatable bonds is 7. The number of methoxy groups -OCH3 is 1. The van der Waals surface area contributed by atoms with E-state index in [0.29, 0.717) is 5.75 Å². The number of carbonyl (C=O) groups excluding carboxylic acids is 1. The number of amides is 1. The second-order valence-electron chi connectivity index (χ2n) is 5.96. The van der Waals surface area contributed by atoms with Gasteiger partial charge in [-0.05, 0) is 24.6 Å². The van der Waals surface area contributed by atoms with Gasteiger partial charge in [-0.1, -0.05) is 6.08 Å². The highest BCUT2D eigenvalue weighted by molar-refractivity contribution is 7.92. The summed E-state index contributed by atoms with van der Waals surface area (Å²) in [4.78, 5) is 11.3. The predicted molar refractivity (Wildman–Crippen MR) is 98.4 cm³/mol. The largest absolute Gasteiger partial charge is 0.495 e. The molecule has 1 aliphatic heterocycles. The van der Waals surface area contributed by atoms with Crippen LogP contribution in [0.4, 0.5) is 5.69 Å². The number of nitrogens with zero attached hydrogens (tertiary/aromatic N) is 1. The minimum Gasteiger partial charge on any atom is -0.495 e. The van der Waals surface area contributed by atoms with E-state index in [4.69, 9.17) is 4.74 Å². The zero-order chi connectivity index (χ0) is 19.5. The van der Waals surface area contributed by atoms with Crippen molar-refractivity contribution in [1.82, 2.24) is 4.31 Å². The molecule has 10 heteroatoms. The number of anilines is 1. The highest BCUT2D eigenvalue weighted by Crippen LogP contribution is 2.31. The first-order valence-corrected chi connectivity index (χ1v) is 11.2. The quantitative estimate of drug-likeness (QED) is 0.682. The second-order valence-corrected chi connectivity index (χ2v) is 10.1. The van der Waals surface area contributed by atoms with Crippen molar-refractivity contribution in [3.05, 3.63) is 30.9 Å². The summed E-state index contributed by atoms with van der Waals surface area (Å²) in [6.07, 6.45) is 1.66. The molecule has 0 saturated carbocycles. The number of sulfonamides is 1. The Morgan fingerprint density at radius 2 is 2.15 bits per heavy atom. The van der Waals surface area contributed by atoms with Crippen LogP contribution in [0.3, 0.4) is 0 Å². The van der Waals surface area contributed by atoms with E-state index in [1.165, 1.54) is 38.3 Å². The van der Waals surface area contributed by atoms with Gasteiger partial charge in [-0.15, -0.1) is 6.58 Å². The van der Waals surface area contributed by atoms with E-state index in [1.54, 1.807) is 0 Å². The van der Waals surface area contributed by atoms with Crippen LogP contribution in [-0.2, 0) is 24.7 Å². The van der Waals surface area contributed by atoms with Gasteiger partial charge in [0.15, 0.2) is 9.84 Å². The molecule has 1 N–H and O–H groups in total. The van der Waals surface area contributed by atoms with Gasteiger partial charge in [-0.2, -0.15) is 4.31 Å². The lowest BCUT2D eigenvalue weighted by atomic mass is 10.2. The van der Waals surface area contributed by atoms with E-state index in [1.807, 2.05) is 0 Å². The van der Waals surface area contributed by atoms with Crippen molar-refractivity contribution >= 4 is 31.5 Å². The van der Waals surface area contributed by atoms with Gasteiger partial charge in [-0.25, -0.2) is 16.8 Å². The molecule has 0 radical (unpaired) electrons. The van der Waals surface area contributed by atoms with Crippen LogP contribution >= 0.6 is 0 Å². The molecular weight excluding hydrogens is 380 g/mol. The predicted octanol–water partition coefficient (Wildman–Crippen LogP) is 1.02. The maximum atomic E-state index is 13.1. The monoisotopic (exact) mass is 402 g/mol. The number of hydrogen-bond acceptors (Lipinski definition) is 6. The Labute approximate surface area is 153 Å². The lowest BCUT2D eigenvalue weighted by Gasteiger charge is -2.26. The lowest BCUT2D eigenvalue weighted by Crippen LogP contribution is -2.41. The zero-order valence-electron chi connectivity index (χ0n) is 14.6. The molecule has 1 fully saturated rings. The summed E-state index contributed by atoms with van der Waals surface area (Å²) in [6.45, 7) is 4.86. The minimum atomic E-state index is -3.99. The van der Waals surface area contributed by atoms with Crippen LogP contribution in [0.25, 0.3) is 0 Å². The smallest absolute Gasteiger partial charge is 0.243 e. The van der Waals surface area contributed by atoms with Gasteiger partial charge in [0.2, 0.25) is 15.9 Å². The number of sulfone groups is 1. The summed E-state index contributed by atoms with van der Waals surface area (Å²) in [5, 5.41) is 2.53. The molecule has 0 aliphatic carbocycles. The molecule has 8 nitrogen and oxygen atoms in total. The van der Waals surface area contributed by atoms with E-state index in [-0.39, 0.29) is 41.0 Å². The van der Waals surface area contributed by atoms with Crippen molar-refractivity contribution in [2.45, 2.75) is 24.3 Å². The van der Waals surface area contributed by atoms with E-state index in [0.717, 1.165) is 4.31 Å². The second kappa shape index (κ2) is 7.77. The van der Waals surface area contributed by atoms with Crippen molar-refractivity contribution in [3.63, 3.8) is 0 Å². The third-order valence-electron chi connectivity index (χ3n) is 4.01. The first-order valence-electron chi connectivity index (χ1n) is 7.89. The number of carbonyl (C=O) groups is 1. The Hall–Kier alpha value is -1.91. The maximum Gasteiger partial charge on any atom is 0.243 e. The van der Waals surface area contributed by atoms with E-state index in [2.05, 4.69) is 11.9 Å². The van der Waals surface area contributed by atoms with Gasteiger partial charge in [0.1, 0.15) is 5.75 Å². The maximum absolute atomic E-state index is 13.1. The molecule has 0 unspecified atom stereocenters. The van der Waals surface area contributed by atoms with Gasteiger partial charge in [0.25, 0.3) is 0 Å². The van der Waals surface area contributed by atoms with Crippen molar-refractivity contribution in [2.75, 3.05) is 30.5 Å². The highest BCUT2D eigenvalue weighted by atomic mass is 32.2. The van der Waals surface area contributed by atoms with E-state index < -0.39 is 25.9 Å². The summed E-state index contributed by atoms with van der Waals surface area (Å²) in [5.41, 5.74) is 0.221. The molecule has 1 aromatic rings. The van der Waals surface area contributed by atoms with Crippen molar-refractivity contribution < 1.29 is 26.4 Å². The van der Waals surface area contributed by atoms with Gasteiger partial charge in [-0.3, -0.25) is 4.79 Å². The molecular formula is C16H22N2O6S2. The summed E-state index contributed by atoms with van der Waals surface area (Å²) in [6, 6.07) is 3.46. The normalized spacial score (nSPS) is 19.3. The molecule has 0 spiro atoms. The number of hydrogen-bond donors (Lipinski definition) is 1. The van der Waals surface area contributed by atoms with E-state index >= 15 is 0 Å². The van der Waals surface area contributed by atoms with E-state index in [9.17, 15) is 21.6 Å². The summed E-state index contributed by atoms with van der Waals surface area (Å²) in [5.74, 6) is -0.310. The fourth-order valence-electron chi connectivity index (χ4n) is 2.84. The Morgan fingerprint density at radius 1 is 1.46 bits per heavy atom. The third-order valence-corrected chi connectivity index (χ3v) is 7.68. The molecule has 1 aliphatic rings. The van der Waals surface area contributed by atoms with Crippen LogP contribution in [0.15, 0.2) is 35.7 Å². The first kappa shape index (κ1) is 20.4. The van der Waals surface area contributed by atoms with Crippen molar-refractivity contribution in [1.29, 1.82) is 0 Å². The molecule has 2 rings (SSSR count). The van der Waals surface area contributed by atoms with Crippen LogP contribution in [0.2, 0.25) is 0 Å². The molecule has 0 aromatic heterocycles. The highest BCUT2D eigenvalue weighted by Gasteiger charge is 2.38. The summed E-state index contributed by atoms with van der Waals surface area (Å²) < 4.78 is 56.0. The van der Waals surface area contributed by atoms with Crippen molar-refractivity contribution in [2.24, 2.45) is 0 Å². The number of nitrogens with one attached hydrogen (secondary N) is 1. The fourth-order valence-corrected chi connectivity index (χ4v) is 6.32. The summed E-state index contributed by atoms with van der Waals surface area (Å²) >= 11 is 0. The average Bonchev–Trinajstić information content (AvgIpc) is 2.91. The lowest BCUT2D eigenvalue weighted by molar-refractivity contribution is -0.114. The average molecular weight is 402 g/mol. The Morgan fingerprint density at radius 3 is 2.65 bits per heavy atom. The first-order chi connectivity index (χ1) is 12.1. The molecule has 26 heavy (non-hydrogen) atoms. The van der Waals surface area contributed by atoms with Crippen LogP contribution in [0, 0.1) is 0 Å². The molecule has 1 amide bonds. The van der Waals surface area contributed by atoms with Crippen LogP contribution in [0.1, 0.15) is 13.3 Å². The topological polar surface area (TPSA) is 110 Å². The van der Waals surface area contributed by atoms with Gasteiger partial charge in [0, 0.05) is 19.5 Å². The zero-order valence-corrected chi connectivity index (χ0v) is 16.3. The van der Waals surface area contributed by atoms with Gasteiger partial charge in [0.05, 0.1) is 29.2 Å². The molecule has 1 saturated heterocycles. The van der Waals surface area contributed by atoms with Gasteiger partial charge < -0.3 is 10.1 Å². The van der Waals surface area contributed by atoms with Crippen LogP contribution in [-0.4, -0.2) is 58.3 Å². The van der Waals surface area contributed by atoms with Crippen LogP contribution < -0.4 is 10.1 Å². The Kier molecular flexibility index (Phi) is 6.09. The summed E-state index contributed by atoms with van der Waals surface area (Å²) in [7, 11) is -5.84. The molecule has 0 bridgehead atoms. The molecule has 1 heterocycles. The minimum absolute atomic E-state index is 0.00990. The fraction of sp³-hybridized carbons (Fsp3) is 0.438. The molecule has 1 aromatic carbocycles. The SMILES string of the molecule is C=CCN([C@@H]1CCS(=O)(=O)C1)S(=O)(=O)c1ccc(OC)c(NC(C)=O)c1. The van der Waals surface area contributed by atoms with Crippen LogP contribution in [0.5, 0.6) is 5.75 Å². The van der Waals surface area contributed by atoms with Crippen molar-refractivity contribution in [3.8, 4) is 5.75 Å². The molecule has 1 atom stereocenters. The number of ether oxygens (including phenoxy) is 1. The van der Waals surface area contributed by atoms with Gasteiger partial charge >= 0.3 is 0 Å². The third kappa shape index (κ3) is 4.43. The Bertz CT molecular complexity index is 909. The Balaban J connectivity index is 2.46. The standard InChI is InChI=1S/C16H22N2O6S2/c1-4-8-18(13-7-9-25(20,21)11-13)26(22,23)14-5-6-16(24-3)15(10-14)17-12(2)19/h4-6,10,13H,1,7-9,11H2,2-3H3,(H,17,19)/t13-/m1/s1. The molecule has 144 valence electrons. The number of benzene rings is 1.